The lowest BCUT2D eigenvalue weighted by Crippen LogP contribution is -2.31. The minimum Gasteiger partial charge on any atom is -0.465 e. The van der Waals surface area contributed by atoms with Crippen LogP contribution in [0.3, 0.4) is 0 Å². The number of benzene rings is 3. The number of carbonyl (C=O) groups is 2. The summed E-state index contributed by atoms with van der Waals surface area (Å²) in [4.78, 5) is 24.6. The van der Waals surface area contributed by atoms with Crippen molar-refractivity contribution >= 4 is 67.7 Å². The third-order valence-corrected chi connectivity index (χ3v) is 7.15. The lowest BCUT2D eigenvalue weighted by molar-refractivity contribution is 0.0935. The molecule has 0 atom stereocenters. The molecule has 1 heterocycles. The normalized spacial score (nSPS) is 11.2. The van der Waals surface area contributed by atoms with Gasteiger partial charge in [-0.25, -0.2) is 9.18 Å². The van der Waals surface area contributed by atoms with Crippen molar-refractivity contribution in [1.82, 2.24) is 9.88 Å². The van der Waals surface area contributed by atoms with Gasteiger partial charge >= 0.3 is 6.09 Å². The van der Waals surface area contributed by atoms with E-state index in [1.165, 1.54) is 30.3 Å². The lowest BCUT2D eigenvalue weighted by atomic mass is 10.1. The van der Waals surface area contributed by atoms with E-state index in [0.717, 1.165) is 0 Å². The zero-order valence-electron chi connectivity index (χ0n) is 21.4. The standard InChI is InChI=1S/C28H22BrCl2FN4O4/c1-28(2,3)36-21-7-5-17(35-27(38)39)11-19(21)22(29)24(36)26(37)34-13-15-4-6-20(31)25(23(15)32)40-18-9-14(12-33)8-16(30)10-18/h4-11,35H,13H2,1-3H3,(H,34,37)(H,38,39). The van der Waals surface area contributed by atoms with Crippen LogP contribution in [0.2, 0.25) is 10.0 Å². The molecule has 0 bridgehead atoms. The molecule has 206 valence electrons. The SMILES string of the molecule is CC(C)(C)n1c(C(=O)NCc2ccc(Cl)c(Oc3cc(Cl)cc(C#N)c3)c2F)c(Br)c2cc(NC(=O)O)ccc21. The van der Waals surface area contributed by atoms with Crippen LogP contribution in [-0.2, 0) is 12.1 Å². The molecule has 2 amide bonds. The average molecular weight is 648 g/mol. The Hall–Kier alpha value is -3.78. The number of fused-ring (bicyclic) bond motifs is 1. The van der Waals surface area contributed by atoms with Crippen molar-refractivity contribution in [3.8, 4) is 17.6 Å². The van der Waals surface area contributed by atoms with Crippen LogP contribution in [0.4, 0.5) is 14.9 Å². The highest BCUT2D eigenvalue weighted by molar-refractivity contribution is 9.10. The van der Waals surface area contributed by atoms with Crippen molar-refractivity contribution in [2.45, 2.75) is 32.9 Å². The van der Waals surface area contributed by atoms with Gasteiger partial charge in [-0.2, -0.15) is 5.26 Å². The third kappa shape index (κ3) is 6.02. The Bertz CT molecular complexity index is 1710. The van der Waals surface area contributed by atoms with E-state index in [2.05, 4.69) is 26.6 Å². The topological polar surface area (TPSA) is 116 Å². The summed E-state index contributed by atoms with van der Waals surface area (Å²) in [7, 11) is 0. The summed E-state index contributed by atoms with van der Waals surface area (Å²) in [5.74, 6) is -1.42. The number of rotatable bonds is 6. The maximum atomic E-state index is 15.5. The van der Waals surface area contributed by atoms with Gasteiger partial charge in [-0.05, 0) is 79.2 Å². The second-order valence-corrected chi connectivity index (χ2v) is 11.4. The fourth-order valence-electron chi connectivity index (χ4n) is 4.22. The van der Waals surface area contributed by atoms with Gasteiger partial charge < -0.3 is 19.7 Å². The molecule has 8 nitrogen and oxygen atoms in total. The smallest absolute Gasteiger partial charge is 0.409 e. The first-order valence-electron chi connectivity index (χ1n) is 11.8. The van der Waals surface area contributed by atoms with Crippen molar-refractivity contribution in [3.63, 3.8) is 0 Å². The minimum atomic E-state index is -1.21. The largest absolute Gasteiger partial charge is 0.465 e. The second-order valence-electron chi connectivity index (χ2n) is 9.75. The number of nitriles is 1. The van der Waals surface area contributed by atoms with Gasteiger partial charge in [0, 0.05) is 33.7 Å². The summed E-state index contributed by atoms with van der Waals surface area (Å²) < 4.78 is 23.4. The molecule has 3 aromatic carbocycles. The van der Waals surface area contributed by atoms with Crippen LogP contribution in [0.1, 0.15) is 42.4 Å². The Morgan fingerprint density at radius 1 is 1.15 bits per heavy atom. The highest BCUT2D eigenvalue weighted by Gasteiger charge is 2.28. The van der Waals surface area contributed by atoms with Gasteiger partial charge in [0.05, 0.1) is 26.6 Å². The summed E-state index contributed by atoms with van der Waals surface area (Å²) in [6.07, 6.45) is -1.21. The zero-order valence-corrected chi connectivity index (χ0v) is 24.5. The van der Waals surface area contributed by atoms with Crippen molar-refractivity contribution in [1.29, 1.82) is 5.26 Å². The fraction of sp³-hybridized carbons (Fsp3) is 0.179. The van der Waals surface area contributed by atoms with Gasteiger partial charge in [-0.3, -0.25) is 10.1 Å². The van der Waals surface area contributed by atoms with E-state index in [-0.39, 0.29) is 44.9 Å². The predicted octanol–water partition coefficient (Wildman–Crippen LogP) is 8.29. The number of carboxylic acid groups (broad SMARTS) is 1. The molecule has 4 aromatic rings. The quantitative estimate of drug-likeness (QED) is 0.195. The number of carbonyl (C=O) groups excluding carboxylic acids is 1. The van der Waals surface area contributed by atoms with E-state index >= 15 is 4.39 Å². The number of nitrogens with zero attached hydrogens (tertiary/aromatic N) is 2. The number of halogens is 4. The molecule has 40 heavy (non-hydrogen) atoms. The van der Waals surface area contributed by atoms with Crippen LogP contribution < -0.4 is 15.4 Å². The van der Waals surface area contributed by atoms with Crippen molar-refractivity contribution in [2.24, 2.45) is 0 Å². The van der Waals surface area contributed by atoms with Gasteiger partial charge in [0.15, 0.2) is 11.6 Å². The van der Waals surface area contributed by atoms with Crippen LogP contribution in [0.5, 0.6) is 11.5 Å². The Morgan fingerprint density at radius 3 is 2.52 bits per heavy atom. The van der Waals surface area contributed by atoms with Crippen molar-refractivity contribution in [3.05, 3.63) is 85.7 Å². The summed E-state index contributed by atoms with van der Waals surface area (Å²) >= 11 is 15.7. The Balaban J connectivity index is 1.66. The van der Waals surface area contributed by atoms with Crippen LogP contribution >= 0.6 is 39.1 Å². The van der Waals surface area contributed by atoms with E-state index in [4.69, 9.17) is 38.3 Å². The first-order chi connectivity index (χ1) is 18.8. The highest BCUT2D eigenvalue weighted by atomic mass is 79.9. The molecule has 0 aliphatic heterocycles. The lowest BCUT2D eigenvalue weighted by Gasteiger charge is -2.25. The van der Waals surface area contributed by atoms with Crippen molar-refractivity contribution < 1.29 is 23.8 Å². The van der Waals surface area contributed by atoms with E-state index in [0.29, 0.717) is 21.1 Å². The number of aromatic nitrogens is 1. The van der Waals surface area contributed by atoms with Crippen LogP contribution in [0.25, 0.3) is 10.9 Å². The average Bonchev–Trinajstić information content (AvgIpc) is 3.17. The first kappa shape index (κ1) is 29.2. The molecule has 0 saturated carbocycles. The molecule has 12 heteroatoms. The minimum absolute atomic E-state index is 0.00700. The monoisotopic (exact) mass is 646 g/mol. The van der Waals surface area contributed by atoms with E-state index in [9.17, 15) is 9.59 Å². The van der Waals surface area contributed by atoms with E-state index < -0.39 is 23.4 Å². The molecule has 0 spiro atoms. The number of hydrogen-bond donors (Lipinski definition) is 3. The maximum absolute atomic E-state index is 15.5. The summed E-state index contributed by atoms with van der Waals surface area (Å²) in [5, 5.41) is 24.2. The van der Waals surface area contributed by atoms with Crippen LogP contribution in [0, 0.1) is 17.1 Å². The first-order valence-corrected chi connectivity index (χ1v) is 13.3. The Kier molecular flexibility index (Phi) is 8.30. The maximum Gasteiger partial charge on any atom is 0.409 e. The van der Waals surface area contributed by atoms with Crippen LogP contribution in [0.15, 0.2) is 53.0 Å². The van der Waals surface area contributed by atoms with Gasteiger partial charge in [0.25, 0.3) is 5.91 Å². The van der Waals surface area contributed by atoms with Gasteiger partial charge in [0.2, 0.25) is 0 Å². The highest BCUT2D eigenvalue weighted by Crippen LogP contribution is 2.38. The Morgan fingerprint density at radius 2 is 1.88 bits per heavy atom. The third-order valence-electron chi connectivity index (χ3n) is 5.83. The number of hydrogen-bond acceptors (Lipinski definition) is 4. The number of anilines is 1. The number of nitrogens with one attached hydrogen (secondary N) is 2. The molecule has 0 radical (unpaired) electrons. The molecular formula is C28H22BrCl2FN4O4. The second kappa shape index (κ2) is 11.4. The molecule has 0 aliphatic carbocycles. The molecule has 3 N–H and O–H groups in total. The zero-order chi connectivity index (χ0) is 29.4. The van der Waals surface area contributed by atoms with Gasteiger partial charge in [0.1, 0.15) is 11.4 Å². The summed E-state index contributed by atoms with van der Waals surface area (Å²) in [6.45, 7) is 5.58. The van der Waals surface area contributed by atoms with E-state index in [1.54, 1.807) is 18.2 Å². The van der Waals surface area contributed by atoms with E-state index in [1.807, 2.05) is 31.4 Å². The predicted molar refractivity (Wildman–Crippen MR) is 155 cm³/mol. The number of ether oxygens (including phenoxy) is 1. The molecule has 1 aromatic heterocycles. The van der Waals surface area contributed by atoms with Crippen LogP contribution in [-0.4, -0.2) is 21.7 Å². The summed E-state index contributed by atoms with van der Waals surface area (Å²) in [5.41, 5.74) is 1.13. The van der Waals surface area contributed by atoms with Gasteiger partial charge in [-0.1, -0.05) is 29.3 Å². The molecular weight excluding hydrogens is 626 g/mol. The fourth-order valence-corrected chi connectivity index (χ4v) is 5.30. The molecule has 0 fully saturated rings. The number of amides is 2. The summed E-state index contributed by atoms with van der Waals surface area (Å²) in [6, 6.07) is 14.0. The molecule has 0 unspecified atom stereocenters. The van der Waals surface area contributed by atoms with Crippen molar-refractivity contribution in [2.75, 3.05) is 5.32 Å². The molecule has 4 rings (SSSR count). The molecule has 0 saturated heterocycles. The Labute approximate surface area is 247 Å². The van der Waals surface area contributed by atoms with Gasteiger partial charge in [-0.15, -0.1) is 0 Å². The molecule has 0 aliphatic rings.